The largest absolute Gasteiger partial charge is 0.367 e. The SMILES string of the molecule is CCC(C)NCCN1CC(C)(C)OC(C)(C)C1. The summed E-state index contributed by atoms with van der Waals surface area (Å²) in [5, 5.41) is 3.55. The molecule has 0 spiro atoms. The first-order valence-electron chi connectivity index (χ1n) is 6.90. The minimum absolute atomic E-state index is 0.0296. The Hall–Kier alpha value is -0.120. The number of morpholine rings is 1. The third kappa shape index (κ3) is 5.36. The van der Waals surface area contributed by atoms with Crippen molar-refractivity contribution in [2.75, 3.05) is 26.2 Å². The minimum atomic E-state index is -0.0296. The average molecular weight is 242 g/mol. The molecule has 1 aliphatic rings. The highest BCUT2D eigenvalue weighted by atomic mass is 16.5. The van der Waals surface area contributed by atoms with E-state index in [4.69, 9.17) is 4.74 Å². The fourth-order valence-corrected chi connectivity index (χ4v) is 2.72. The van der Waals surface area contributed by atoms with Crippen LogP contribution in [0.15, 0.2) is 0 Å². The second-order valence-corrected chi connectivity index (χ2v) is 6.60. The number of ether oxygens (including phenoxy) is 1. The van der Waals surface area contributed by atoms with E-state index in [1.54, 1.807) is 0 Å². The molecule has 0 aliphatic carbocycles. The van der Waals surface area contributed by atoms with E-state index in [1.807, 2.05) is 0 Å². The Morgan fingerprint density at radius 3 is 2.18 bits per heavy atom. The molecule has 1 unspecified atom stereocenters. The van der Waals surface area contributed by atoms with Gasteiger partial charge in [-0.2, -0.15) is 0 Å². The van der Waals surface area contributed by atoms with Crippen molar-refractivity contribution in [3.63, 3.8) is 0 Å². The number of hydrogen-bond donors (Lipinski definition) is 1. The van der Waals surface area contributed by atoms with Gasteiger partial charge in [0.15, 0.2) is 0 Å². The summed E-state index contributed by atoms with van der Waals surface area (Å²) in [5.74, 6) is 0. The van der Waals surface area contributed by atoms with Crippen LogP contribution in [-0.4, -0.2) is 48.3 Å². The van der Waals surface area contributed by atoms with Gasteiger partial charge in [-0.05, 0) is 41.0 Å². The van der Waals surface area contributed by atoms with Crippen molar-refractivity contribution in [2.24, 2.45) is 0 Å². The molecule has 0 radical (unpaired) electrons. The molecule has 3 nitrogen and oxygen atoms in total. The van der Waals surface area contributed by atoms with Crippen LogP contribution in [0.1, 0.15) is 48.0 Å². The lowest BCUT2D eigenvalue weighted by molar-refractivity contribution is -0.180. The first-order chi connectivity index (χ1) is 7.74. The number of nitrogens with one attached hydrogen (secondary N) is 1. The summed E-state index contributed by atoms with van der Waals surface area (Å²) in [4.78, 5) is 2.51. The highest BCUT2D eigenvalue weighted by molar-refractivity contribution is 4.89. The maximum Gasteiger partial charge on any atom is 0.0760 e. The Kier molecular flexibility index (Phi) is 4.99. The normalized spacial score (nSPS) is 25.8. The van der Waals surface area contributed by atoms with E-state index in [1.165, 1.54) is 6.42 Å². The number of hydrogen-bond acceptors (Lipinski definition) is 3. The first kappa shape index (κ1) is 14.9. The van der Waals surface area contributed by atoms with Crippen LogP contribution in [-0.2, 0) is 4.74 Å². The Morgan fingerprint density at radius 2 is 1.71 bits per heavy atom. The van der Waals surface area contributed by atoms with Crippen LogP contribution in [0.4, 0.5) is 0 Å². The zero-order valence-electron chi connectivity index (χ0n) is 12.5. The molecule has 1 N–H and O–H groups in total. The molecule has 0 saturated carbocycles. The quantitative estimate of drug-likeness (QED) is 0.800. The van der Waals surface area contributed by atoms with Crippen molar-refractivity contribution in [3.8, 4) is 0 Å². The Morgan fingerprint density at radius 1 is 1.18 bits per heavy atom. The lowest BCUT2D eigenvalue weighted by Crippen LogP contribution is -2.58. The van der Waals surface area contributed by atoms with Crippen molar-refractivity contribution in [2.45, 2.75) is 65.2 Å². The van der Waals surface area contributed by atoms with Crippen LogP contribution >= 0.6 is 0 Å². The Bertz CT molecular complexity index is 222. The summed E-state index contributed by atoms with van der Waals surface area (Å²) in [6.45, 7) is 17.4. The molecular formula is C14H30N2O. The Balaban J connectivity index is 2.38. The number of nitrogens with zero attached hydrogens (tertiary/aromatic N) is 1. The summed E-state index contributed by atoms with van der Waals surface area (Å²) in [6, 6.07) is 0.622. The lowest BCUT2D eigenvalue weighted by atomic mass is 9.99. The third-order valence-corrected chi connectivity index (χ3v) is 3.29. The summed E-state index contributed by atoms with van der Waals surface area (Å²) in [6.07, 6.45) is 1.19. The molecule has 1 saturated heterocycles. The third-order valence-electron chi connectivity index (χ3n) is 3.29. The molecule has 1 aliphatic heterocycles. The molecule has 0 aromatic rings. The molecule has 1 atom stereocenters. The predicted molar refractivity (Wildman–Crippen MR) is 73.4 cm³/mol. The number of rotatable bonds is 5. The van der Waals surface area contributed by atoms with E-state index in [9.17, 15) is 0 Å². The van der Waals surface area contributed by atoms with E-state index in [0.29, 0.717) is 6.04 Å². The molecule has 102 valence electrons. The Labute approximate surface area is 107 Å². The fraction of sp³-hybridized carbons (Fsp3) is 1.00. The first-order valence-corrected chi connectivity index (χ1v) is 6.90. The molecule has 17 heavy (non-hydrogen) atoms. The van der Waals surface area contributed by atoms with Gasteiger partial charge in [0, 0.05) is 32.2 Å². The fourth-order valence-electron chi connectivity index (χ4n) is 2.72. The average Bonchev–Trinajstić information content (AvgIpc) is 2.12. The summed E-state index contributed by atoms with van der Waals surface area (Å²) in [5.41, 5.74) is -0.0593. The second-order valence-electron chi connectivity index (χ2n) is 6.60. The molecule has 0 bridgehead atoms. The van der Waals surface area contributed by atoms with Crippen molar-refractivity contribution in [1.29, 1.82) is 0 Å². The molecular weight excluding hydrogens is 212 g/mol. The van der Waals surface area contributed by atoms with E-state index < -0.39 is 0 Å². The van der Waals surface area contributed by atoms with Crippen molar-refractivity contribution in [3.05, 3.63) is 0 Å². The maximum atomic E-state index is 6.08. The zero-order valence-corrected chi connectivity index (χ0v) is 12.5. The van der Waals surface area contributed by atoms with E-state index in [-0.39, 0.29) is 11.2 Å². The second kappa shape index (κ2) is 5.68. The van der Waals surface area contributed by atoms with Crippen LogP contribution in [0.2, 0.25) is 0 Å². The molecule has 1 fully saturated rings. The van der Waals surface area contributed by atoms with Gasteiger partial charge in [0.05, 0.1) is 11.2 Å². The van der Waals surface area contributed by atoms with Crippen LogP contribution in [0.5, 0.6) is 0 Å². The summed E-state index contributed by atoms with van der Waals surface area (Å²) < 4.78 is 6.08. The lowest BCUT2D eigenvalue weighted by Gasteiger charge is -2.47. The topological polar surface area (TPSA) is 24.5 Å². The summed E-state index contributed by atoms with van der Waals surface area (Å²) >= 11 is 0. The molecule has 0 aromatic carbocycles. The van der Waals surface area contributed by atoms with Crippen molar-refractivity contribution in [1.82, 2.24) is 10.2 Å². The van der Waals surface area contributed by atoms with Gasteiger partial charge in [-0.25, -0.2) is 0 Å². The molecule has 1 rings (SSSR count). The maximum absolute atomic E-state index is 6.08. The van der Waals surface area contributed by atoms with E-state index >= 15 is 0 Å². The van der Waals surface area contributed by atoms with Crippen LogP contribution in [0.3, 0.4) is 0 Å². The van der Waals surface area contributed by atoms with Gasteiger partial charge in [-0.3, -0.25) is 4.90 Å². The summed E-state index contributed by atoms with van der Waals surface area (Å²) in [7, 11) is 0. The standard InChI is InChI=1S/C14H30N2O/c1-7-12(2)15-8-9-16-10-13(3,4)17-14(5,6)11-16/h12,15H,7-11H2,1-6H3. The van der Waals surface area contributed by atoms with E-state index in [0.717, 1.165) is 26.2 Å². The zero-order chi connectivity index (χ0) is 13.1. The van der Waals surface area contributed by atoms with Crippen molar-refractivity contribution >= 4 is 0 Å². The molecule has 0 amide bonds. The van der Waals surface area contributed by atoms with Crippen LogP contribution in [0.25, 0.3) is 0 Å². The van der Waals surface area contributed by atoms with Gasteiger partial charge in [-0.1, -0.05) is 6.92 Å². The monoisotopic (exact) mass is 242 g/mol. The van der Waals surface area contributed by atoms with Gasteiger partial charge < -0.3 is 10.1 Å². The van der Waals surface area contributed by atoms with E-state index in [2.05, 4.69) is 51.8 Å². The van der Waals surface area contributed by atoms with Crippen LogP contribution < -0.4 is 5.32 Å². The molecule has 1 heterocycles. The van der Waals surface area contributed by atoms with Gasteiger partial charge in [0.25, 0.3) is 0 Å². The highest BCUT2D eigenvalue weighted by Gasteiger charge is 2.37. The van der Waals surface area contributed by atoms with Crippen LogP contribution in [0, 0.1) is 0 Å². The minimum Gasteiger partial charge on any atom is -0.367 e. The smallest absolute Gasteiger partial charge is 0.0760 e. The molecule has 3 heteroatoms. The van der Waals surface area contributed by atoms with Gasteiger partial charge in [0.2, 0.25) is 0 Å². The van der Waals surface area contributed by atoms with Gasteiger partial charge >= 0.3 is 0 Å². The predicted octanol–water partition coefficient (Wildman–Crippen LogP) is 2.26. The molecule has 0 aromatic heterocycles. The highest BCUT2D eigenvalue weighted by Crippen LogP contribution is 2.27. The van der Waals surface area contributed by atoms with Gasteiger partial charge in [-0.15, -0.1) is 0 Å². The van der Waals surface area contributed by atoms with Gasteiger partial charge in [0.1, 0.15) is 0 Å². The van der Waals surface area contributed by atoms with Crippen molar-refractivity contribution < 1.29 is 4.74 Å².